The van der Waals surface area contributed by atoms with Gasteiger partial charge in [-0.3, -0.25) is 9.59 Å². The van der Waals surface area contributed by atoms with E-state index in [9.17, 15) is 9.59 Å². The van der Waals surface area contributed by atoms with Gasteiger partial charge in [0.1, 0.15) is 0 Å². The first kappa shape index (κ1) is 18.6. The number of anilines is 1. The summed E-state index contributed by atoms with van der Waals surface area (Å²) in [4.78, 5) is 25.4. The molecule has 2 amide bonds. The van der Waals surface area contributed by atoms with Crippen LogP contribution in [0.15, 0.2) is 42.5 Å². The van der Waals surface area contributed by atoms with Gasteiger partial charge in [0, 0.05) is 35.6 Å². The third kappa shape index (κ3) is 4.87. The van der Waals surface area contributed by atoms with Gasteiger partial charge in [-0.25, -0.2) is 0 Å². The zero-order valence-electron chi connectivity index (χ0n) is 12.9. The highest BCUT2D eigenvalue weighted by Crippen LogP contribution is 2.29. The summed E-state index contributed by atoms with van der Waals surface area (Å²) in [6.07, 6.45) is 0. The predicted octanol–water partition coefficient (Wildman–Crippen LogP) is 4.43. The second-order valence-corrected chi connectivity index (χ2v) is 6.31. The van der Waals surface area contributed by atoms with Gasteiger partial charge in [-0.15, -0.1) is 0 Å². The minimum absolute atomic E-state index is 0.195. The maximum Gasteiger partial charge on any atom is 0.251 e. The number of carbonyl (C=O) groups excluding carboxylic acids is 2. The molecule has 7 heteroatoms. The fourth-order valence-corrected chi connectivity index (χ4v) is 2.64. The second kappa shape index (κ2) is 8.38. The van der Waals surface area contributed by atoms with Crippen LogP contribution >= 0.6 is 34.8 Å². The van der Waals surface area contributed by atoms with E-state index in [1.54, 1.807) is 42.5 Å². The Morgan fingerprint density at radius 3 is 2.25 bits per heavy atom. The molecule has 1 N–H and O–H groups in total. The normalized spacial score (nSPS) is 10.3. The maximum atomic E-state index is 12.1. The molecule has 2 rings (SSSR count). The molecule has 0 aliphatic carbocycles. The Balaban J connectivity index is 2.02. The van der Waals surface area contributed by atoms with E-state index in [0.717, 1.165) is 0 Å². The van der Waals surface area contributed by atoms with Crippen LogP contribution in [0, 0.1) is 0 Å². The molecule has 0 saturated heterocycles. The van der Waals surface area contributed by atoms with Crippen molar-refractivity contribution in [2.45, 2.75) is 6.92 Å². The summed E-state index contributed by atoms with van der Waals surface area (Å²) in [6.45, 7) is 1.97. The van der Waals surface area contributed by atoms with Gasteiger partial charge < -0.3 is 10.2 Å². The van der Waals surface area contributed by atoms with Gasteiger partial charge in [-0.2, -0.15) is 0 Å². The number of halogens is 3. The summed E-state index contributed by atoms with van der Waals surface area (Å²) >= 11 is 17.9. The molecule has 4 nitrogen and oxygen atoms in total. The first-order valence-electron chi connectivity index (χ1n) is 7.15. The van der Waals surface area contributed by atoms with Gasteiger partial charge in [0.05, 0.1) is 10.7 Å². The minimum Gasteiger partial charge on any atom is -0.350 e. The molecule has 0 bridgehead atoms. The lowest BCUT2D eigenvalue weighted by Crippen LogP contribution is -2.37. The zero-order valence-corrected chi connectivity index (χ0v) is 15.1. The number of hydrogen-bond donors (Lipinski definition) is 1. The molecule has 0 saturated carbocycles. The van der Waals surface area contributed by atoms with Gasteiger partial charge in [0.2, 0.25) is 5.91 Å². The Hall–Kier alpha value is -1.75. The lowest BCUT2D eigenvalue weighted by molar-refractivity contribution is -0.116. The standard InChI is InChI=1S/C17H15Cl3N2O2/c1-11(23)22(16-10-14(19)6-7-15(16)20)9-8-21-17(24)12-2-4-13(18)5-3-12/h2-7,10H,8-9H2,1H3,(H,21,24). The van der Waals surface area contributed by atoms with E-state index < -0.39 is 0 Å². The third-order valence-electron chi connectivity index (χ3n) is 3.31. The molecule has 0 aliphatic rings. The van der Waals surface area contributed by atoms with Crippen LogP contribution < -0.4 is 10.2 Å². The van der Waals surface area contributed by atoms with Crippen molar-refractivity contribution in [3.05, 3.63) is 63.1 Å². The monoisotopic (exact) mass is 384 g/mol. The van der Waals surface area contributed by atoms with Crippen LogP contribution in [0.5, 0.6) is 0 Å². The van der Waals surface area contributed by atoms with E-state index in [1.807, 2.05) is 0 Å². The van der Waals surface area contributed by atoms with Gasteiger partial charge >= 0.3 is 0 Å². The van der Waals surface area contributed by atoms with Crippen molar-refractivity contribution in [2.75, 3.05) is 18.0 Å². The number of nitrogens with one attached hydrogen (secondary N) is 1. The average Bonchev–Trinajstić information content (AvgIpc) is 2.54. The van der Waals surface area contributed by atoms with Gasteiger partial charge in [0.15, 0.2) is 0 Å². The SMILES string of the molecule is CC(=O)N(CCNC(=O)c1ccc(Cl)cc1)c1cc(Cl)ccc1Cl. The van der Waals surface area contributed by atoms with Crippen molar-refractivity contribution in [2.24, 2.45) is 0 Å². The van der Waals surface area contributed by atoms with E-state index in [0.29, 0.717) is 26.3 Å². The molecule has 0 fully saturated rings. The van der Waals surface area contributed by atoms with Crippen LogP contribution in [0.1, 0.15) is 17.3 Å². The summed E-state index contributed by atoms with van der Waals surface area (Å²) in [7, 11) is 0. The van der Waals surface area contributed by atoms with Crippen LogP contribution in [0.3, 0.4) is 0 Å². The highest BCUT2D eigenvalue weighted by Gasteiger charge is 2.15. The van der Waals surface area contributed by atoms with Crippen molar-refractivity contribution in [1.29, 1.82) is 0 Å². The highest BCUT2D eigenvalue weighted by molar-refractivity contribution is 6.35. The molecule has 126 valence electrons. The van der Waals surface area contributed by atoms with E-state index in [2.05, 4.69) is 5.32 Å². The highest BCUT2D eigenvalue weighted by atomic mass is 35.5. The van der Waals surface area contributed by atoms with E-state index in [-0.39, 0.29) is 24.9 Å². The van der Waals surface area contributed by atoms with Crippen LogP contribution in [-0.4, -0.2) is 24.9 Å². The Morgan fingerprint density at radius 2 is 1.62 bits per heavy atom. The van der Waals surface area contributed by atoms with Crippen LogP contribution in [0.4, 0.5) is 5.69 Å². The number of hydrogen-bond acceptors (Lipinski definition) is 2. The first-order valence-corrected chi connectivity index (χ1v) is 8.29. The van der Waals surface area contributed by atoms with Crippen LogP contribution in [-0.2, 0) is 4.79 Å². The number of amides is 2. The minimum atomic E-state index is -0.243. The van der Waals surface area contributed by atoms with Crippen molar-refractivity contribution < 1.29 is 9.59 Å². The van der Waals surface area contributed by atoms with Crippen molar-refractivity contribution in [3.8, 4) is 0 Å². The second-order valence-electron chi connectivity index (χ2n) is 5.03. The van der Waals surface area contributed by atoms with Crippen LogP contribution in [0.25, 0.3) is 0 Å². The molecule has 24 heavy (non-hydrogen) atoms. The topological polar surface area (TPSA) is 49.4 Å². The van der Waals surface area contributed by atoms with E-state index in [4.69, 9.17) is 34.8 Å². The summed E-state index contributed by atoms with van der Waals surface area (Å²) in [5, 5.41) is 4.21. The molecule has 0 aromatic heterocycles. The van der Waals surface area contributed by atoms with E-state index >= 15 is 0 Å². The van der Waals surface area contributed by atoms with Crippen molar-refractivity contribution in [1.82, 2.24) is 5.32 Å². The molecule has 0 atom stereocenters. The Morgan fingerprint density at radius 1 is 1.00 bits per heavy atom. The molecule has 0 heterocycles. The maximum absolute atomic E-state index is 12.1. The molecule has 2 aromatic rings. The van der Waals surface area contributed by atoms with Gasteiger partial charge in [0.25, 0.3) is 5.91 Å². The largest absolute Gasteiger partial charge is 0.350 e. The Kier molecular flexibility index (Phi) is 6.49. The molecule has 0 unspecified atom stereocenters. The molecular weight excluding hydrogens is 371 g/mol. The Bertz CT molecular complexity index is 748. The fourth-order valence-electron chi connectivity index (χ4n) is 2.12. The summed E-state index contributed by atoms with van der Waals surface area (Å²) in [6, 6.07) is 11.4. The van der Waals surface area contributed by atoms with Gasteiger partial charge in [-0.1, -0.05) is 34.8 Å². The zero-order chi connectivity index (χ0) is 17.7. The smallest absolute Gasteiger partial charge is 0.251 e. The lowest BCUT2D eigenvalue weighted by atomic mass is 10.2. The quantitative estimate of drug-likeness (QED) is 0.827. The van der Waals surface area contributed by atoms with Crippen molar-refractivity contribution in [3.63, 3.8) is 0 Å². The number of benzene rings is 2. The fraction of sp³-hybridized carbons (Fsp3) is 0.176. The molecular formula is C17H15Cl3N2O2. The number of rotatable bonds is 5. The Labute approximate surface area is 155 Å². The summed E-state index contributed by atoms with van der Waals surface area (Å²) < 4.78 is 0. The molecule has 0 aliphatic heterocycles. The summed E-state index contributed by atoms with van der Waals surface area (Å²) in [5.41, 5.74) is 1.01. The lowest BCUT2D eigenvalue weighted by Gasteiger charge is -2.22. The van der Waals surface area contributed by atoms with Crippen molar-refractivity contribution >= 4 is 52.3 Å². The third-order valence-corrected chi connectivity index (χ3v) is 4.11. The number of carbonyl (C=O) groups is 2. The first-order chi connectivity index (χ1) is 11.4. The number of nitrogens with zero attached hydrogens (tertiary/aromatic N) is 1. The van der Waals surface area contributed by atoms with Crippen LogP contribution in [0.2, 0.25) is 15.1 Å². The van der Waals surface area contributed by atoms with Gasteiger partial charge in [-0.05, 0) is 42.5 Å². The molecule has 2 aromatic carbocycles. The molecule has 0 radical (unpaired) electrons. The predicted molar refractivity (Wildman–Crippen MR) is 98.3 cm³/mol. The van der Waals surface area contributed by atoms with E-state index in [1.165, 1.54) is 11.8 Å². The average molecular weight is 386 g/mol. The summed E-state index contributed by atoms with van der Waals surface area (Å²) in [5.74, 6) is -0.438. The molecule has 0 spiro atoms.